The van der Waals surface area contributed by atoms with Crippen molar-refractivity contribution < 1.29 is 0 Å². The Morgan fingerprint density at radius 3 is 1.29 bits per heavy atom. The molecule has 0 radical (unpaired) electrons. The van der Waals surface area contributed by atoms with Gasteiger partial charge in [0.2, 0.25) is 0 Å². The normalized spacial score (nSPS) is 16.6. The lowest BCUT2D eigenvalue weighted by Crippen LogP contribution is -2.29. The Morgan fingerprint density at radius 1 is 0.288 bits per heavy atom. The van der Waals surface area contributed by atoms with Crippen LogP contribution >= 0.6 is 0 Å². The SMILES string of the molecule is Cc1cc(N(c2ccc3c(c2)-c2ccc(C(C)C)cc2C32c3ccccc3-c3ccc(C(C)C)cc32)c2ccc3c(c2)C(c2ccccc2)(c2ccc(C(C)C)cc2)c2ccccc2-3)ccc1-c1ccccc1. The summed E-state index contributed by atoms with van der Waals surface area (Å²) >= 11 is 0. The molecular formula is C72H61N. The zero-order valence-electron chi connectivity index (χ0n) is 43.0. The van der Waals surface area contributed by atoms with E-state index in [4.69, 9.17) is 0 Å². The average molecular weight is 940 g/mol. The molecule has 0 amide bonds. The van der Waals surface area contributed by atoms with Gasteiger partial charge in [-0.05, 0) is 172 Å². The summed E-state index contributed by atoms with van der Waals surface area (Å²) in [5, 5.41) is 0. The van der Waals surface area contributed by atoms with E-state index in [0.717, 1.165) is 17.1 Å². The highest BCUT2D eigenvalue weighted by atomic mass is 15.1. The maximum atomic E-state index is 2.55. The van der Waals surface area contributed by atoms with Crippen LogP contribution in [-0.2, 0) is 10.8 Å². The van der Waals surface area contributed by atoms with Crippen molar-refractivity contribution in [3.63, 3.8) is 0 Å². The zero-order chi connectivity index (χ0) is 49.8. The topological polar surface area (TPSA) is 3.24 Å². The highest BCUT2D eigenvalue weighted by Gasteiger charge is 2.52. The summed E-state index contributed by atoms with van der Waals surface area (Å²) in [6.45, 7) is 16.1. The summed E-state index contributed by atoms with van der Waals surface area (Å²) in [7, 11) is 0. The molecule has 0 saturated heterocycles. The van der Waals surface area contributed by atoms with Gasteiger partial charge in [-0.3, -0.25) is 0 Å². The Bertz CT molecular complexity index is 3780. The number of rotatable bonds is 9. The number of benzene rings is 10. The van der Waals surface area contributed by atoms with Gasteiger partial charge in [0, 0.05) is 17.1 Å². The lowest BCUT2D eigenvalue weighted by atomic mass is 9.67. The van der Waals surface area contributed by atoms with Crippen LogP contribution in [-0.4, -0.2) is 0 Å². The van der Waals surface area contributed by atoms with E-state index < -0.39 is 10.8 Å². The van der Waals surface area contributed by atoms with E-state index in [2.05, 4.69) is 278 Å². The molecule has 0 bridgehead atoms. The number of nitrogens with zero attached hydrogens (tertiary/aromatic N) is 1. The molecule has 0 N–H and O–H groups in total. The fourth-order valence-corrected chi connectivity index (χ4v) is 13.2. The lowest BCUT2D eigenvalue weighted by Gasteiger charge is -2.35. The number of fused-ring (bicyclic) bond motifs is 13. The number of anilines is 3. The quantitative estimate of drug-likeness (QED) is 0.139. The molecule has 10 aromatic carbocycles. The maximum absolute atomic E-state index is 2.55. The van der Waals surface area contributed by atoms with Crippen LogP contribution in [0.4, 0.5) is 17.1 Å². The van der Waals surface area contributed by atoms with Gasteiger partial charge in [0.25, 0.3) is 0 Å². The van der Waals surface area contributed by atoms with Crippen molar-refractivity contribution in [2.24, 2.45) is 0 Å². The van der Waals surface area contributed by atoms with Crippen LogP contribution in [0, 0.1) is 6.92 Å². The first-order chi connectivity index (χ1) is 35.6. The van der Waals surface area contributed by atoms with E-state index in [1.165, 1.54) is 111 Å². The van der Waals surface area contributed by atoms with Crippen molar-refractivity contribution in [1.82, 2.24) is 0 Å². The van der Waals surface area contributed by atoms with Crippen molar-refractivity contribution in [3.8, 4) is 44.5 Å². The first kappa shape index (κ1) is 44.9. The molecule has 1 nitrogen and oxygen atoms in total. The molecule has 13 rings (SSSR count). The number of aryl methyl sites for hydroxylation is 1. The molecule has 354 valence electrons. The standard InChI is InChI=1S/C72H61N/c1-45(2)49-26-30-54(31-27-49)71(53-20-12-9-13-21-53)65-24-16-14-22-59(65)62-38-33-57(44-70(62)71)73(55-32-37-58(48(7)40-55)50-18-10-8-11-19-50)56-34-39-67-64(43-56)63-36-29-52(47(5)6)42-69(63)72(67)66-25-17-15-23-60(66)61-35-28-51(46(3)4)41-68(61)72/h8-47H,1-7H3. The van der Waals surface area contributed by atoms with Crippen LogP contribution in [0.15, 0.2) is 224 Å². The van der Waals surface area contributed by atoms with E-state index >= 15 is 0 Å². The first-order valence-electron chi connectivity index (χ1n) is 26.5. The molecule has 10 aromatic rings. The van der Waals surface area contributed by atoms with Crippen molar-refractivity contribution in [2.45, 2.75) is 77.0 Å². The van der Waals surface area contributed by atoms with Gasteiger partial charge in [-0.25, -0.2) is 0 Å². The van der Waals surface area contributed by atoms with Crippen LogP contribution in [0.25, 0.3) is 44.5 Å². The predicted molar refractivity (Wildman–Crippen MR) is 307 cm³/mol. The molecule has 1 heteroatoms. The number of hydrogen-bond donors (Lipinski definition) is 0. The van der Waals surface area contributed by atoms with Gasteiger partial charge in [0.05, 0.1) is 10.8 Å². The smallest absolute Gasteiger partial charge is 0.0725 e. The van der Waals surface area contributed by atoms with Crippen LogP contribution in [0.2, 0.25) is 0 Å². The summed E-state index contributed by atoms with van der Waals surface area (Å²) in [6.07, 6.45) is 0. The highest BCUT2D eigenvalue weighted by Crippen LogP contribution is 2.64. The van der Waals surface area contributed by atoms with Gasteiger partial charge < -0.3 is 4.90 Å². The number of hydrogen-bond acceptors (Lipinski definition) is 1. The Labute approximate surface area is 432 Å². The molecular weight excluding hydrogens is 879 g/mol. The lowest BCUT2D eigenvalue weighted by molar-refractivity contribution is 0.765. The molecule has 2 unspecified atom stereocenters. The first-order valence-corrected chi connectivity index (χ1v) is 26.5. The third-order valence-corrected chi connectivity index (χ3v) is 16.9. The largest absolute Gasteiger partial charge is 0.310 e. The Kier molecular flexibility index (Phi) is 10.5. The van der Waals surface area contributed by atoms with Gasteiger partial charge >= 0.3 is 0 Å². The molecule has 0 saturated carbocycles. The molecule has 73 heavy (non-hydrogen) atoms. The van der Waals surface area contributed by atoms with Crippen LogP contribution in [0.5, 0.6) is 0 Å². The van der Waals surface area contributed by atoms with Crippen molar-refractivity contribution >= 4 is 17.1 Å². The van der Waals surface area contributed by atoms with Gasteiger partial charge in [-0.1, -0.05) is 230 Å². The van der Waals surface area contributed by atoms with E-state index in [0.29, 0.717) is 17.8 Å². The van der Waals surface area contributed by atoms with Gasteiger partial charge in [0.1, 0.15) is 0 Å². The monoisotopic (exact) mass is 939 g/mol. The van der Waals surface area contributed by atoms with Gasteiger partial charge in [-0.15, -0.1) is 0 Å². The summed E-state index contributed by atoms with van der Waals surface area (Å²) in [6, 6.07) is 86.3. The van der Waals surface area contributed by atoms with Crippen molar-refractivity contribution in [2.75, 3.05) is 4.90 Å². The Hall–Kier alpha value is -8.00. The van der Waals surface area contributed by atoms with Crippen LogP contribution < -0.4 is 4.90 Å². The van der Waals surface area contributed by atoms with E-state index in [1.807, 2.05) is 0 Å². The molecule has 0 fully saturated rings. The second-order valence-corrected chi connectivity index (χ2v) is 21.8. The van der Waals surface area contributed by atoms with Gasteiger partial charge in [-0.2, -0.15) is 0 Å². The fourth-order valence-electron chi connectivity index (χ4n) is 13.2. The maximum Gasteiger partial charge on any atom is 0.0725 e. The molecule has 0 heterocycles. The van der Waals surface area contributed by atoms with E-state index in [1.54, 1.807) is 0 Å². The minimum absolute atomic E-state index is 0.388. The summed E-state index contributed by atoms with van der Waals surface area (Å²) in [4.78, 5) is 2.53. The molecule has 0 aliphatic heterocycles. The summed E-state index contributed by atoms with van der Waals surface area (Å²) < 4.78 is 0. The predicted octanol–water partition coefficient (Wildman–Crippen LogP) is 19.2. The van der Waals surface area contributed by atoms with E-state index in [9.17, 15) is 0 Å². The van der Waals surface area contributed by atoms with Crippen LogP contribution in [0.1, 0.15) is 126 Å². The minimum Gasteiger partial charge on any atom is -0.310 e. The summed E-state index contributed by atoms with van der Waals surface area (Å²) in [5.74, 6) is 1.23. The minimum atomic E-state index is -0.549. The van der Waals surface area contributed by atoms with Gasteiger partial charge in [0.15, 0.2) is 0 Å². The van der Waals surface area contributed by atoms with Crippen molar-refractivity contribution in [1.29, 1.82) is 0 Å². The third kappa shape index (κ3) is 6.60. The molecule has 1 spiro atoms. The molecule has 3 aliphatic carbocycles. The van der Waals surface area contributed by atoms with Crippen molar-refractivity contribution in [3.05, 3.63) is 291 Å². The fraction of sp³-hybridized carbons (Fsp3) is 0.167. The third-order valence-electron chi connectivity index (χ3n) is 16.9. The second-order valence-electron chi connectivity index (χ2n) is 21.8. The Morgan fingerprint density at radius 2 is 0.699 bits per heavy atom. The molecule has 0 aromatic heterocycles. The second kappa shape index (κ2) is 17.1. The molecule has 2 atom stereocenters. The summed E-state index contributed by atoms with van der Waals surface area (Å²) in [5.41, 5.74) is 28.7. The average Bonchev–Trinajstić information content (AvgIpc) is 4.00. The molecule has 3 aliphatic rings. The highest BCUT2D eigenvalue weighted by molar-refractivity contribution is 5.97. The van der Waals surface area contributed by atoms with Crippen LogP contribution in [0.3, 0.4) is 0 Å². The van der Waals surface area contributed by atoms with E-state index in [-0.39, 0.29) is 0 Å². The Balaban J connectivity index is 1.08. The zero-order valence-corrected chi connectivity index (χ0v) is 43.0.